The van der Waals surface area contributed by atoms with Gasteiger partial charge < -0.3 is 10.1 Å². The number of amides is 2. The average Bonchev–Trinajstić information content (AvgIpc) is 2.79. The van der Waals surface area contributed by atoms with Crippen LogP contribution in [0.4, 0.5) is 5.69 Å². The van der Waals surface area contributed by atoms with Crippen LogP contribution in [0.1, 0.15) is 53.6 Å². The highest BCUT2D eigenvalue weighted by Gasteiger charge is 2.18. The highest BCUT2D eigenvalue weighted by Crippen LogP contribution is 2.21. The summed E-state index contributed by atoms with van der Waals surface area (Å²) >= 11 is 0. The molecule has 2 amide bonds. The summed E-state index contributed by atoms with van der Waals surface area (Å²) in [7, 11) is 0. The van der Waals surface area contributed by atoms with Gasteiger partial charge in [0.25, 0.3) is 17.5 Å². The summed E-state index contributed by atoms with van der Waals surface area (Å²) < 4.78 is 5.53. The minimum absolute atomic E-state index is 0.0391. The van der Waals surface area contributed by atoms with Crippen LogP contribution in [0.2, 0.25) is 0 Å². The molecule has 1 saturated carbocycles. The molecule has 0 unspecified atom stereocenters. The van der Waals surface area contributed by atoms with E-state index in [9.17, 15) is 19.7 Å². The molecule has 0 aromatic heterocycles. The van der Waals surface area contributed by atoms with Gasteiger partial charge in [0.2, 0.25) is 0 Å². The normalized spacial score (nSPS) is 14.2. The molecule has 0 atom stereocenters. The summed E-state index contributed by atoms with van der Waals surface area (Å²) in [5.74, 6) is -0.106. The van der Waals surface area contributed by atoms with E-state index >= 15 is 0 Å². The van der Waals surface area contributed by atoms with E-state index in [1.54, 1.807) is 24.3 Å². The molecular formula is C23H26N4O5. The van der Waals surface area contributed by atoms with Crippen molar-refractivity contribution in [2.24, 2.45) is 5.10 Å². The lowest BCUT2D eigenvalue weighted by Crippen LogP contribution is -2.38. The maximum atomic E-state index is 12.3. The Morgan fingerprint density at radius 2 is 1.88 bits per heavy atom. The van der Waals surface area contributed by atoms with Gasteiger partial charge in [-0.25, -0.2) is 5.43 Å². The first-order valence-corrected chi connectivity index (χ1v) is 10.5. The Labute approximate surface area is 186 Å². The largest absolute Gasteiger partial charge is 0.484 e. The first kappa shape index (κ1) is 22.9. The van der Waals surface area contributed by atoms with E-state index in [0.717, 1.165) is 25.7 Å². The van der Waals surface area contributed by atoms with Crippen molar-refractivity contribution in [1.29, 1.82) is 0 Å². The summed E-state index contributed by atoms with van der Waals surface area (Å²) in [6.45, 7) is 1.48. The SMILES string of the molecule is Cc1c(C(=O)N/N=C\c2ccc(OCC(=O)NC3CCCCC3)cc2)cccc1[N+](=O)[O-]. The van der Waals surface area contributed by atoms with Gasteiger partial charge in [0, 0.05) is 17.7 Å². The van der Waals surface area contributed by atoms with Crippen LogP contribution in [0, 0.1) is 17.0 Å². The molecule has 0 spiro atoms. The lowest BCUT2D eigenvalue weighted by Gasteiger charge is -2.22. The van der Waals surface area contributed by atoms with Gasteiger partial charge in [-0.3, -0.25) is 19.7 Å². The van der Waals surface area contributed by atoms with Crippen molar-refractivity contribution < 1.29 is 19.2 Å². The molecule has 1 fully saturated rings. The summed E-state index contributed by atoms with van der Waals surface area (Å²) in [5, 5.41) is 17.9. The molecule has 168 valence electrons. The number of ether oxygens (including phenoxy) is 1. The van der Waals surface area contributed by atoms with Crippen LogP contribution in [-0.2, 0) is 4.79 Å². The highest BCUT2D eigenvalue weighted by atomic mass is 16.6. The molecule has 2 aromatic rings. The standard InChI is InChI=1S/C23H26N4O5/c1-16-20(8-5-9-21(16)27(30)31)23(29)26-24-14-17-10-12-19(13-11-17)32-15-22(28)25-18-6-3-2-4-7-18/h5,8-14,18H,2-4,6-7,15H2,1H3,(H,25,28)(H,26,29)/b24-14-. The molecular weight excluding hydrogens is 412 g/mol. The van der Waals surface area contributed by atoms with Crippen molar-refractivity contribution in [3.05, 3.63) is 69.3 Å². The number of nitrogens with one attached hydrogen (secondary N) is 2. The van der Waals surface area contributed by atoms with Gasteiger partial charge in [0.15, 0.2) is 6.61 Å². The molecule has 9 heteroatoms. The predicted molar refractivity (Wildman–Crippen MR) is 120 cm³/mol. The van der Waals surface area contributed by atoms with Crippen molar-refractivity contribution >= 4 is 23.7 Å². The van der Waals surface area contributed by atoms with Gasteiger partial charge >= 0.3 is 0 Å². The predicted octanol–water partition coefficient (Wildman–Crippen LogP) is 3.49. The maximum Gasteiger partial charge on any atom is 0.273 e. The quantitative estimate of drug-likeness (QED) is 0.371. The van der Waals surface area contributed by atoms with E-state index in [2.05, 4.69) is 15.8 Å². The molecule has 2 N–H and O–H groups in total. The van der Waals surface area contributed by atoms with E-state index in [4.69, 9.17) is 4.74 Å². The number of hydrazone groups is 1. The average molecular weight is 438 g/mol. The third kappa shape index (κ3) is 6.37. The number of carbonyl (C=O) groups is 2. The van der Waals surface area contributed by atoms with Crippen molar-refractivity contribution in [2.75, 3.05) is 6.61 Å². The van der Waals surface area contributed by atoms with Crippen molar-refractivity contribution in [2.45, 2.75) is 45.1 Å². The van der Waals surface area contributed by atoms with Gasteiger partial charge in [-0.2, -0.15) is 5.10 Å². The highest BCUT2D eigenvalue weighted by molar-refractivity contribution is 5.97. The van der Waals surface area contributed by atoms with Crippen LogP contribution < -0.4 is 15.5 Å². The first-order chi connectivity index (χ1) is 15.4. The van der Waals surface area contributed by atoms with Gasteiger partial charge in [0.1, 0.15) is 5.75 Å². The van der Waals surface area contributed by atoms with Crippen molar-refractivity contribution in [3.63, 3.8) is 0 Å². The van der Waals surface area contributed by atoms with Crippen LogP contribution in [-0.4, -0.2) is 35.6 Å². The molecule has 2 aromatic carbocycles. The number of nitro groups is 1. The van der Waals surface area contributed by atoms with Gasteiger partial charge in [-0.1, -0.05) is 25.3 Å². The molecule has 1 aliphatic rings. The number of carbonyl (C=O) groups excluding carboxylic acids is 2. The Balaban J connectivity index is 1.48. The Kier molecular flexibility index (Phi) is 7.91. The van der Waals surface area contributed by atoms with E-state index in [1.807, 2.05) is 0 Å². The second kappa shape index (κ2) is 11.0. The zero-order valence-corrected chi connectivity index (χ0v) is 17.9. The number of hydrogen-bond donors (Lipinski definition) is 2. The number of benzene rings is 2. The third-order valence-electron chi connectivity index (χ3n) is 5.35. The van der Waals surface area contributed by atoms with Crippen molar-refractivity contribution in [3.8, 4) is 5.75 Å². The fraction of sp³-hybridized carbons (Fsp3) is 0.348. The minimum atomic E-state index is -0.536. The molecule has 32 heavy (non-hydrogen) atoms. The van der Waals surface area contributed by atoms with Crippen LogP contribution in [0.3, 0.4) is 0 Å². The first-order valence-electron chi connectivity index (χ1n) is 10.5. The molecule has 0 saturated heterocycles. The maximum absolute atomic E-state index is 12.3. The van der Waals surface area contributed by atoms with E-state index in [-0.39, 0.29) is 35.4 Å². The third-order valence-corrected chi connectivity index (χ3v) is 5.35. The molecule has 1 aliphatic carbocycles. The second-order valence-corrected chi connectivity index (χ2v) is 7.67. The van der Waals surface area contributed by atoms with Gasteiger partial charge in [-0.05, 0) is 55.7 Å². The fourth-order valence-electron chi connectivity index (χ4n) is 3.61. The Hall–Kier alpha value is -3.75. The monoisotopic (exact) mass is 438 g/mol. The number of nitro benzene ring substituents is 1. The zero-order chi connectivity index (χ0) is 22.9. The van der Waals surface area contributed by atoms with E-state index in [0.29, 0.717) is 11.3 Å². The van der Waals surface area contributed by atoms with Crippen LogP contribution in [0.5, 0.6) is 5.75 Å². The summed E-state index contributed by atoms with van der Waals surface area (Å²) in [4.78, 5) is 34.8. The molecule has 0 radical (unpaired) electrons. The van der Waals surface area contributed by atoms with E-state index in [1.165, 1.54) is 37.8 Å². The lowest BCUT2D eigenvalue weighted by atomic mass is 9.95. The topological polar surface area (TPSA) is 123 Å². The summed E-state index contributed by atoms with van der Waals surface area (Å²) in [6.07, 6.45) is 7.04. The molecule has 0 bridgehead atoms. The lowest BCUT2D eigenvalue weighted by molar-refractivity contribution is -0.385. The fourth-order valence-corrected chi connectivity index (χ4v) is 3.61. The summed E-state index contributed by atoms with van der Waals surface area (Å²) in [5.41, 5.74) is 3.42. The van der Waals surface area contributed by atoms with Crippen LogP contribution >= 0.6 is 0 Å². The molecule has 3 rings (SSSR count). The van der Waals surface area contributed by atoms with Crippen LogP contribution in [0.25, 0.3) is 0 Å². The Morgan fingerprint density at radius 3 is 2.56 bits per heavy atom. The van der Waals surface area contributed by atoms with Gasteiger partial charge in [0.05, 0.1) is 16.7 Å². The summed E-state index contributed by atoms with van der Waals surface area (Å²) in [6, 6.07) is 11.5. The number of nitrogens with zero attached hydrogens (tertiary/aromatic N) is 2. The Bertz CT molecular complexity index is 998. The molecule has 0 aliphatic heterocycles. The number of hydrogen-bond acceptors (Lipinski definition) is 6. The van der Waals surface area contributed by atoms with E-state index < -0.39 is 10.8 Å². The zero-order valence-electron chi connectivity index (χ0n) is 17.9. The molecule has 9 nitrogen and oxygen atoms in total. The second-order valence-electron chi connectivity index (χ2n) is 7.67. The smallest absolute Gasteiger partial charge is 0.273 e. The van der Waals surface area contributed by atoms with Crippen LogP contribution in [0.15, 0.2) is 47.6 Å². The van der Waals surface area contributed by atoms with Gasteiger partial charge in [-0.15, -0.1) is 0 Å². The molecule has 0 heterocycles. The van der Waals surface area contributed by atoms with Crippen molar-refractivity contribution in [1.82, 2.24) is 10.7 Å². The number of rotatable bonds is 8. The minimum Gasteiger partial charge on any atom is -0.484 e. The Morgan fingerprint density at radius 1 is 1.16 bits per heavy atom.